The molecule has 2 heteroatoms. The number of hydrogen-bond donors (Lipinski definition) is 1. The first-order valence-corrected chi connectivity index (χ1v) is 8.46. The Kier molecular flexibility index (Phi) is 7.37. The number of hydrogen-bond acceptors (Lipinski definition) is 2. The lowest BCUT2D eigenvalue weighted by Gasteiger charge is -2.18. The molecule has 1 unspecified atom stereocenters. The summed E-state index contributed by atoms with van der Waals surface area (Å²) in [6, 6.07) is 8.52. The van der Waals surface area contributed by atoms with Crippen LogP contribution in [-0.4, -0.2) is 13.2 Å². The minimum atomic E-state index is 0.816. The Labute approximate surface area is 129 Å². The van der Waals surface area contributed by atoms with Crippen LogP contribution in [0.2, 0.25) is 0 Å². The van der Waals surface area contributed by atoms with Crippen molar-refractivity contribution in [3.63, 3.8) is 0 Å². The van der Waals surface area contributed by atoms with Crippen molar-refractivity contribution in [2.24, 2.45) is 5.92 Å². The lowest BCUT2D eigenvalue weighted by atomic mass is 9.94. The van der Waals surface area contributed by atoms with Gasteiger partial charge < -0.3 is 10.1 Å². The third-order valence-corrected chi connectivity index (χ3v) is 4.08. The Hall–Kier alpha value is -1.28. The van der Waals surface area contributed by atoms with Gasteiger partial charge in [-0.15, -0.1) is 0 Å². The number of nitrogens with one attached hydrogen (secondary N) is 1. The van der Waals surface area contributed by atoms with Gasteiger partial charge in [-0.25, -0.2) is 0 Å². The fourth-order valence-corrected chi connectivity index (χ4v) is 2.71. The molecule has 1 N–H and O–H groups in total. The average molecular weight is 287 g/mol. The summed E-state index contributed by atoms with van der Waals surface area (Å²) in [4.78, 5) is 0. The first-order valence-electron chi connectivity index (χ1n) is 8.46. The van der Waals surface area contributed by atoms with Gasteiger partial charge in [-0.2, -0.15) is 0 Å². The van der Waals surface area contributed by atoms with E-state index in [9.17, 15) is 0 Å². The van der Waals surface area contributed by atoms with E-state index in [4.69, 9.17) is 4.74 Å². The molecular formula is C19H29NO. The van der Waals surface area contributed by atoms with Crippen molar-refractivity contribution in [2.75, 3.05) is 13.2 Å². The molecular weight excluding hydrogens is 258 g/mol. The quantitative estimate of drug-likeness (QED) is 0.525. The van der Waals surface area contributed by atoms with Crippen LogP contribution in [0, 0.1) is 5.92 Å². The van der Waals surface area contributed by atoms with Gasteiger partial charge in [0, 0.05) is 6.54 Å². The summed E-state index contributed by atoms with van der Waals surface area (Å²) in [5.74, 6) is 1.81. The standard InChI is InChI=1S/C19H29NO/c1-2-3-7-14-21-19-12-10-18(11-13-19)16-20-15-17-8-5-4-6-9-17/h4-5,10-13,17,20H,2-3,6-9,14-16H2,1H3. The number of unbranched alkanes of at least 4 members (excludes halogenated alkanes) is 2. The molecule has 0 saturated heterocycles. The lowest BCUT2D eigenvalue weighted by molar-refractivity contribution is 0.306. The van der Waals surface area contributed by atoms with Gasteiger partial charge in [0.2, 0.25) is 0 Å². The first-order chi connectivity index (χ1) is 10.4. The Balaban J connectivity index is 1.63. The maximum absolute atomic E-state index is 5.73. The summed E-state index contributed by atoms with van der Waals surface area (Å²) < 4.78 is 5.73. The highest BCUT2D eigenvalue weighted by Crippen LogP contribution is 2.17. The smallest absolute Gasteiger partial charge is 0.119 e. The largest absolute Gasteiger partial charge is 0.494 e. The zero-order valence-corrected chi connectivity index (χ0v) is 13.3. The van der Waals surface area contributed by atoms with Crippen LogP contribution in [-0.2, 0) is 6.54 Å². The summed E-state index contributed by atoms with van der Waals surface area (Å²) in [6.07, 6.45) is 12.1. The van der Waals surface area contributed by atoms with Gasteiger partial charge in [-0.3, -0.25) is 0 Å². The van der Waals surface area contributed by atoms with E-state index in [1.54, 1.807) is 0 Å². The van der Waals surface area contributed by atoms with E-state index in [0.717, 1.165) is 37.8 Å². The highest BCUT2D eigenvalue weighted by molar-refractivity contribution is 5.27. The number of benzene rings is 1. The number of ether oxygens (including phenoxy) is 1. The highest BCUT2D eigenvalue weighted by Gasteiger charge is 2.08. The highest BCUT2D eigenvalue weighted by atomic mass is 16.5. The van der Waals surface area contributed by atoms with Gasteiger partial charge in [-0.1, -0.05) is 44.1 Å². The predicted octanol–water partition coefficient (Wildman–Crippen LogP) is 4.70. The van der Waals surface area contributed by atoms with Crippen molar-refractivity contribution in [1.82, 2.24) is 5.32 Å². The second-order valence-electron chi connectivity index (χ2n) is 5.98. The summed E-state index contributed by atoms with van der Waals surface area (Å²) in [6.45, 7) is 5.13. The minimum absolute atomic E-state index is 0.816. The topological polar surface area (TPSA) is 21.3 Å². The van der Waals surface area contributed by atoms with Crippen LogP contribution in [0.4, 0.5) is 0 Å². The second-order valence-corrected chi connectivity index (χ2v) is 5.98. The summed E-state index contributed by atoms with van der Waals surface area (Å²) in [7, 11) is 0. The monoisotopic (exact) mass is 287 g/mol. The SMILES string of the molecule is CCCCCOc1ccc(CNCC2CC=CCC2)cc1. The van der Waals surface area contributed by atoms with Crippen molar-refractivity contribution in [1.29, 1.82) is 0 Å². The molecule has 0 saturated carbocycles. The van der Waals surface area contributed by atoms with Crippen LogP contribution in [0.3, 0.4) is 0 Å². The summed E-state index contributed by atoms with van der Waals surface area (Å²) in [5, 5.41) is 3.58. The van der Waals surface area contributed by atoms with Crippen LogP contribution >= 0.6 is 0 Å². The van der Waals surface area contributed by atoms with Crippen LogP contribution in [0.1, 0.15) is 51.0 Å². The molecule has 1 aliphatic carbocycles. The van der Waals surface area contributed by atoms with Crippen molar-refractivity contribution in [2.45, 2.75) is 52.0 Å². The minimum Gasteiger partial charge on any atom is -0.494 e. The summed E-state index contributed by atoms with van der Waals surface area (Å²) in [5.41, 5.74) is 1.34. The normalized spacial score (nSPS) is 17.9. The lowest BCUT2D eigenvalue weighted by Crippen LogP contribution is -2.23. The summed E-state index contributed by atoms with van der Waals surface area (Å²) >= 11 is 0. The molecule has 2 nitrogen and oxygen atoms in total. The van der Waals surface area contributed by atoms with Gasteiger partial charge >= 0.3 is 0 Å². The number of rotatable bonds is 9. The van der Waals surface area contributed by atoms with Gasteiger partial charge in [0.25, 0.3) is 0 Å². The molecule has 116 valence electrons. The van der Waals surface area contributed by atoms with Crippen molar-refractivity contribution in [3.05, 3.63) is 42.0 Å². The number of allylic oxidation sites excluding steroid dienone is 2. The van der Waals surface area contributed by atoms with E-state index in [-0.39, 0.29) is 0 Å². The Morgan fingerprint density at radius 2 is 2.00 bits per heavy atom. The molecule has 1 aliphatic rings. The van der Waals surface area contributed by atoms with E-state index in [1.165, 1.54) is 37.7 Å². The third-order valence-electron chi connectivity index (χ3n) is 4.08. The Bertz CT molecular complexity index is 410. The van der Waals surface area contributed by atoms with Gasteiger partial charge in [-0.05, 0) is 55.8 Å². The Morgan fingerprint density at radius 3 is 2.71 bits per heavy atom. The maximum atomic E-state index is 5.73. The zero-order chi connectivity index (χ0) is 14.8. The molecule has 2 rings (SSSR count). The molecule has 0 bridgehead atoms. The molecule has 0 spiro atoms. The fraction of sp³-hybridized carbons (Fsp3) is 0.579. The average Bonchev–Trinajstić information content (AvgIpc) is 2.54. The molecule has 1 aromatic rings. The zero-order valence-electron chi connectivity index (χ0n) is 13.3. The molecule has 0 aliphatic heterocycles. The van der Waals surface area contributed by atoms with Crippen LogP contribution < -0.4 is 10.1 Å². The molecule has 21 heavy (non-hydrogen) atoms. The van der Waals surface area contributed by atoms with E-state index < -0.39 is 0 Å². The molecule has 1 aromatic carbocycles. The third kappa shape index (κ3) is 6.34. The van der Waals surface area contributed by atoms with Gasteiger partial charge in [0.15, 0.2) is 0 Å². The van der Waals surface area contributed by atoms with E-state index in [0.29, 0.717) is 0 Å². The van der Waals surface area contributed by atoms with E-state index in [2.05, 4.69) is 48.7 Å². The molecule has 0 amide bonds. The molecule has 0 aromatic heterocycles. The van der Waals surface area contributed by atoms with E-state index in [1.807, 2.05) is 0 Å². The van der Waals surface area contributed by atoms with Crippen LogP contribution in [0.5, 0.6) is 5.75 Å². The van der Waals surface area contributed by atoms with Gasteiger partial charge in [0.1, 0.15) is 5.75 Å². The fourth-order valence-electron chi connectivity index (χ4n) is 2.71. The second kappa shape index (κ2) is 9.62. The molecule has 0 fully saturated rings. The van der Waals surface area contributed by atoms with Crippen LogP contribution in [0.25, 0.3) is 0 Å². The molecule has 1 atom stereocenters. The molecule has 0 radical (unpaired) electrons. The van der Waals surface area contributed by atoms with Gasteiger partial charge in [0.05, 0.1) is 6.61 Å². The van der Waals surface area contributed by atoms with E-state index >= 15 is 0 Å². The Morgan fingerprint density at radius 1 is 1.14 bits per heavy atom. The first kappa shape index (κ1) is 16.1. The predicted molar refractivity (Wildman–Crippen MR) is 89.6 cm³/mol. The maximum Gasteiger partial charge on any atom is 0.119 e. The van der Waals surface area contributed by atoms with Crippen LogP contribution in [0.15, 0.2) is 36.4 Å². The van der Waals surface area contributed by atoms with Crippen molar-refractivity contribution >= 4 is 0 Å². The van der Waals surface area contributed by atoms with Crippen molar-refractivity contribution < 1.29 is 4.74 Å². The molecule has 0 heterocycles. The van der Waals surface area contributed by atoms with Crippen molar-refractivity contribution in [3.8, 4) is 5.75 Å².